The fraction of sp³-hybridized carbons (Fsp3) is 0.889. The topological polar surface area (TPSA) is 46.3 Å². The second-order valence-electron chi connectivity index (χ2n) is 4.16. The molecule has 3 atom stereocenters. The standard InChI is InChI=1S/C9H14F2N2O/c1-2-9(10,11)8(14)13-4-5-3-6(13)7(5)12/h5-7H,2-4,12H2,1H3. The average Bonchev–Trinajstić information content (AvgIpc) is 2.72. The maximum absolute atomic E-state index is 13.1. The van der Waals surface area contributed by atoms with E-state index in [-0.39, 0.29) is 18.0 Å². The first-order valence-corrected chi connectivity index (χ1v) is 4.92. The maximum Gasteiger partial charge on any atom is 0.324 e. The van der Waals surface area contributed by atoms with E-state index in [4.69, 9.17) is 5.73 Å². The van der Waals surface area contributed by atoms with Gasteiger partial charge in [-0.1, -0.05) is 6.92 Å². The zero-order chi connectivity index (χ0) is 10.5. The smallest absolute Gasteiger partial charge is 0.324 e. The Morgan fingerprint density at radius 3 is 2.64 bits per heavy atom. The highest BCUT2D eigenvalue weighted by molar-refractivity contribution is 5.84. The van der Waals surface area contributed by atoms with Crippen molar-refractivity contribution in [3.63, 3.8) is 0 Å². The van der Waals surface area contributed by atoms with E-state index in [0.29, 0.717) is 6.54 Å². The van der Waals surface area contributed by atoms with Gasteiger partial charge in [-0.05, 0) is 12.3 Å². The van der Waals surface area contributed by atoms with E-state index in [1.165, 1.54) is 11.8 Å². The highest BCUT2D eigenvalue weighted by Crippen LogP contribution is 2.41. The number of hydrogen-bond donors (Lipinski definition) is 1. The highest BCUT2D eigenvalue weighted by atomic mass is 19.3. The third-order valence-electron chi connectivity index (χ3n) is 3.38. The molecule has 1 saturated carbocycles. The van der Waals surface area contributed by atoms with Crippen molar-refractivity contribution in [2.45, 2.75) is 37.8 Å². The van der Waals surface area contributed by atoms with Gasteiger partial charge in [0.05, 0.1) is 0 Å². The summed E-state index contributed by atoms with van der Waals surface area (Å²) in [7, 11) is 0. The van der Waals surface area contributed by atoms with E-state index >= 15 is 0 Å². The Morgan fingerprint density at radius 1 is 1.64 bits per heavy atom. The molecule has 3 fully saturated rings. The van der Waals surface area contributed by atoms with Crippen LogP contribution in [0.1, 0.15) is 19.8 Å². The van der Waals surface area contributed by atoms with Crippen molar-refractivity contribution in [1.29, 1.82) is 0 Å². The molecule has 0 aromatic heterocycles. The summed E-state index contributed by atoms with van der Waals surface area (Å²) in [5.74, 6) is -4.01. The summed E-state index contributed by atoms with van der Waals surface area (Å²) >= 11 is 0. The van der Waals surface area contributed by atoms with Crippen LogP contribution in [-0.2, 0) is 4.79 Å². The van der Waals surface area contributed by atoms with Crippen LogP contribution in [0.2, 0.25) is 0 Å². The number of rotatable bonds is 2. The molecule has 0 spiro atoms. The van der Waals surface area contributed by atoms with Crippen LogP contribution in [0.15, 0.2) is 0 Å². The van der Waals surface area contributed by atoms with Gasteiger partial charge < -0.3 is 10.6 Å². The molecule has 3 aliphatic rings. The van der Waals surface area contributed by atoms with Crippen molar-refractivity contribution < 1.29 is 13.6 Å². The van der Waals surface area contributed by atoms with E-state index in [2.05, 4.69) is 0 Å². The van der Waals surface area contributed by atoms with Crippen LogP contribution in [0.5, 0.6) is 0 Å². The van der Waals surface area contributed by atoms with Gasteiger partial charge in [-0.25, -0.2) is 0 Å². The monoisotopic (exact) mass is 204 g/mol. The number of halogens is 2. The van der Waals surface area contributed by atoms with E-state index in [0.717, 1.165) is 6.42 Å². The summed E-state index contributed by atoms with van der Waals surface area (Å²) in [6.07, 6.45) is 0.363. The van der Waals surface area contributed by atoms with Crippen molar-refractivity contribution in [2.24, 2.45) is 11.7 Å². The van der Waals surface area contributed by atoms with Gasteiger partial charge in [0.2, 0.25) is 0 Å². The van der Waals surface area contributed by atoms with Crippen LogP contribution in [-0.4, -0.2) is 35.4 Å². The molecule has 1 aliphatic carbocycles. The van der Waals surface area contributed by atoms with Crippen LogP contribution in [0.3, 0.4) is 0 Å². The summed E-state index contributed by atoms with van der Waals surface area (Å²) < 4.78 is 26.2. The fourth-order valence-corrected chi connectivity index (χ4v) is 2.26. The average molecular weight is 204 g/mol. The van der Waals surface area contributed by atoms with Crippen molar-refractivity contribution in [1.82, 2.24) is 4.90 Å². The first-order valence-electron chi connectivity index (χ1n) is 4.92. The quantitative estimate of drug-likeness (QED) is 0.715. The molecule has 80 valence electrons. The largest absolute Gasteiger partial charge is 0.333 e. The maximum atomic E-state index is 13.1. The van der Waals surface area contributed by atoms with E-state index < -0.39 is 18.3 Å². The Labute approximate surface area is 81.2 Å². The van der Waals surface area contributed by atoms with Gasteiger partial charge >= 0.3 is 5.92 Å². The number of amides is 1. The molecular formula is C9H14F2N2O. The van der Waals surface area contributed by atoms with Gasteiger partial charge in [0.1, 0.15) is 0 Å². The van der Waals surface area contributed by atoms with Crippen molar-refractivity contribution in [3.05, 3.63) is 0 Å². The number of fused-ring (bicyclic) bond motifs is 1. The molecule has 0 aromatic carbocycles. The molecule has 0 aromatic rings. The molecule has 3 rings (SSSR count). The lowest BCUT2D eigenvalue weighted by atomic mass is 9.81. The second-order valence-corrected chi connectivity index (χ2v) is 4.16. The van der Waals surface area contributed by atoms with Crippen LogP contribution in [0, 0.1) is 5.92 Å². The van der Waals surface area contributed by atoms with Gasteiger partial charge in [0.15, 0.2) is 0 Å². The lowest BCUT2D eigenvalue weighted by Crippen LogP contribution is -2.53. The Hall–Kier alpha value is -0.710. The normalized spacial score (nSPS) is 35.7. The number of alkyl halides is 2. The number of carbonyl (C=O) groups excluding carboxylic acids is 1. The van der Waals surface area contributed by atoms with E-state index in [1.807, 2.05) is 0 Å². The molecule has 2 heterocycles. The summed E-state index contributed by atoms with van der Waals surface area (Å²) in [5.41, 5.74) is 5.70. The van der Waals surface area contributed by atoms with Gasteiger partial charge in [0.25, 0.3) is 5.91 Å². The third kappa shape index (κ3) is 1.15. The minimum Gasteiger partial charge on any atom is -0.333 e. The first-order chi connectivity index (χ1) is 6.47. The minimum atomic E-state index is -3.21. The van der Waals surface area contributed by atoms with Gasteiger partial charge in [-0.2, -0.15) is 8.78 Å². The Balaban J connectivity index is 2.07. The molecule has 2 bridgehead atoms. The lowest BCUT2D eigenvalue weighted by molar-refractivity contribution is -0.158. The van der Waals surface area contributed by atoms with E-state index in [9.17, 15) is 13.6 Å². The molecule has 3 unspecified atom stereocenters. The van der Waals surface area contributed by atoms with E-state index in [1.54, 1.807) is 0 Å². The van der Waals surface area contributed by atoms with Crippen molar-refractivity contribution >= 4 is 5.91 Å². The Bertz CT molecular complexity index is 270. The molecule has 2 saturated heterocycles. The van der Waals surface area contributed by atoms with Crippen LogP contribution < -0.4 is 5.73 Å². The van der Waals surface area contributed by atoms with Gasteiger partial charge in [0, 0.05) is 25.0 Å². The SMILES string of the molecule is CCC(F)(F)C(=O)N1CC2CC1C2N. The molecule has 2 aliphatic heterocycles. The molecule has 5 heteroatoms. The number of carbonyl (C=O) groups is 1. The van der Waals surface area contributed by atoms with Gasteiger partial charge in [-0.3, -0.25) is 4.79 Å². The molecule has 1 amide bonds. The summed E-state index contributed by atoms with van der Waals surface area (Å²) in [5, 5.41) is 0. The lowest BCUT2D eigenvalue weighted by Gasteiger charge is -2.34. The highest BCUT2D eigenvalue weighted by Gasteiger charge is 2.55. The Morgan fingerprint density at radius 2 is 2.29 bits per heavy atom. The first kappa shape index (κ1) is 9.83. The van der Waals surface area contributed by atoms with Crippen molar-refractivity contribution in [2.75, 3.05) is 6.54 Å². The predicted molar refractivity (Wildman–Crippen MR) is 46.8 cm³/mol. The predicted octanol–water partition coefficient (Wildman–Crippen LogP) is 0.590. The summed E-state index contributed by atoms with van der Waals surface area (Å²) in [6, 6.07) is -0.212. The molecular weight excluding hydrogens is 190 g/mol. The molecule has 3 nitrogen and oxygen atoms in total. The zero-order valence-electron chi connectivity index (χ0n) is 8.04. The number of hydrogen-bond acceptors (Lipinski definition) is 2. The summed E-state index contributed by atoms with van der Waals surface area (Å²) in [6.45, 7) is 1.73. The Kier molecular flexibility index (Phi) is 2.03. The third-order valence-corrected chi connectivity index (χ3v) is 3.38. The summed E-state index contributed by atoms with van der Waals surface area (Å²) in [4.78, 5) is 12.7. The number of nitrogens with two attached hydrogens (primary N) is 1. The van der Waals surface area contributed by atoms with Gasteiger partial charge in [-0.15, -0.1) is 0 Å². The molecule has 0 radical (unpaired) electrons. The van der Waals surface area contributed by atoms with Crippen LogP contribution >= 0.6 is 0 Å². The second kappa shape index (κ2) is 2.89. The number of nitrogens with zero attached hydrogens (tertiary/aromatic N) is 1. The zero-order valence-corrected chi connectivity index (χ0v) is 8.04. The fourth-order valence-electron chi connectivity index (χ4n) is 2.26. The molecule has 14 heavy (non-hydrogen) atoms. The van der Waals surface area contributed by atoms with Crippen molar-refractivity contribution in [3.8, 4) is 0 Å². The van der Waals surface area contributed by atoms with Crippen LogP contribution in [0.25, 0.3) is 0 Å². The molecule has 2 N–H and O–H groups in total. The minimum absolute atomic E-state index is 0.0772. The van der Waals surface area contributed by atoms with Crippen LogP contribution in [0.4, 0.5) is 8.78 Å².